The van der Waals surface area contributed by atoms with E-state index in [1.807, 2.05) is 34.9 Å². The van der Waals surface area contributed by atoms with Crippen LogP contribution in [0.15, 0.2) is 66.7 Å². The number of aromatic nitrogens is 1. The Kier molecular flexibility index (Phi) is 3.35. The lowest BCUT2D eigenvalue weighted by Crippen LogP contribution is -2.09. The normalized spacial score (nSPS) is 11.2. The average Bonchev–Trinajstić information content (AvgIpc) is 2.94. The molecule has 0 aliphatic carbocycles. The maximum atomic E-state index is 11.7. The van der Waals surface area contributed by atoms with Crippen molar-refractivity contribution in [2.24, 2.45) is 0 Å². The highest BCUT2D eigenvalue weighted by molar-refractivity contribution is 5.95. The van der Waals surface area contributed by atoms with Gasteiger partial charge in [-0.3, -0.25) is 0 Å². The molecule has 0 radical (unpaired) electrons. The van der Waals surface area contributed by atoms with Crippen molar-refractivity contribution in [3.63, 3.8) is 0 Å². The number of hydrogen-bond donors (Lipinski definition) is 1. The molecule has 0 bridgehead atoms. The van der Waals surface area contributed by atoms with E-state index in [-0.39, 0.29) is 0 Å². The third-order valence-corrected chi connectivity index (χ3v) is 4.49. The first-order valence-electron chi connectivity index (χ1n) is 7.93. The summed E-state index contributed by atoms with van der Waals surface area (Å²) in [5.74, 6) is -0.900. The van der Waals surface area contributed by atoms with Crippen LogP contribution in [0, 0.1) is 6.92 Å². The fourth-order valence-corrected chi connectivity index (χ4v) is 3.32. The Labute approximate surface area is 139 Å². The minimum Gasteiger partial charge on any atom is -0.477 e. The van der Waals surface area contributed by atoms with Crippen molar-refractivity contribution in [3.05, 3.63) is 83.6 Å². The highest BCUT2D eigenvalue weighted by atomic mass is 16.4. The number of aryl methyl sites for hydroxylation is 1. The predicted octanol–water partition coefficient (Wildman–Crippen LogP) is 4.85. The van der Waals surface area contributed by atoms with Crippen molar-refractivity contribution in [3.8, 4) is 0 Å². The Bertz CT molecular complexity index is 1080. The van der Waals surface area contributed by atoms with Crippen LogP contribution in [0.25, 0.3) is 21.7 Å². The molecular formula is C21H17NO2. The molecule has 0 spiro atoms. The topological polar surface area (TPSA) is 42.2 Å². The molecule has 0 aliphatic rings. The summed E-state index contributed by atoms with van der Waals surface area (Å²) in [7, 11) is 0. The summed E-state index contributed by atoms with van der Waals surface area (Å²) >= 11 is 0. The average molecular weight is 315 g/mol. The monoisotopic (exact) mass is 315 g/mol. The number of aromatic carboxylic acids is 1. The molecule has 4 aromatic rings. The Morgan fingerprint density at radius 3 is 2.58 bits per heavy atom. The molecule has 0 fully saturated rings. The molecule has 3 aromatic carbocycles. The molecule has 1 heterocycles. The van der Waals surface area contributed by atoms with Crippen molar-refractivity contribution in [2.45, 2.75) is 13.5 Å². The number of carboxylic acid groups (broad SMARTS) is 1. The predicted molar refractivity (Wildman–Crippen MR) is 96.7 cm³/mol. The number of fused-ring (bicyclic) bond motifs is 2. The Morgan fingerprint density at radius 2 is 1.75 bits per heavy atom. The fourth-order valence-electron chi connectivity index (χ4n) is 3.32. The first kappa shape index (κ1) is 14.5. The molecule has 3 nitrogen and oxygen atoms in total. The van der Waals surface area contributed by atoms with Crippen LogP contribution in [-0.2, 0) is 6.54 Å². The quantitative estimate of drug-likeness (QED) is 0.587. The Morgan fingerprint density at radius 1 is 0.958 bits per heavy atom. The summed E-state index contributed by atoms with van der Waals surface area (Å²) < 4.78 is 1.88. The van der Waals surface area contributed by atoms with Gasteiger partial charge in [-0.25, -0.2) is 4.79 Å². The molecule has 4 rings (SSSR count). The Hall–Kier alpha value is -3.07. The zero-order valence-corrected chi connectivity index (χ0v) is 13.4. The van der Waals surface area contributed by atoms with Gasteiger partial charge in [-0.1, -0.05) is 60.2 Å². The van der Waals surface area contributed by atoms with E-state index < -0.39 is 5.97 Å². The van der Waals surface area contributed by atoms with Gasteiger partial charge in [-0.15, -0.1) is 0 Å². The first-order valence-corrected chi connectivity index (χ1v) is 7.93. The minimum atomic E-state index is -0.900. The van der Waals surface area contributed by atoms with Crippen molar-refractivity contribution >= 4 is 27.6 Å². The van der Waals surface area contributed by atoms with Gasteiger partial charge in [0, 0.05) is 17.4 Å². The summed E-state index contributed by atoms with van der Waals surface area (Å²) in [6.45, 7) is 2.61. The van der Waals surface area contributed by atoms with Crippen LogP contribution in [0.1, 0.15) is 21.6 Å². The molecule has 118 valence electrons. The summed E-state index contributed by atoms with van der Waals surface area (Å²) in [6.07, 6.45) is 0. The van der Waals surface area contributed by atoms with Gasteiger partial charge >= 0.3 is 5.97 Å². The van der Waals surface area contributed by atoms with Crippen LogP contribution in [0.2, 0.25) is 0 Å². The summed E-state index contributed by atoms with van der Waals surface area (Å²) in [6, 6.07) is 22.1. The van der Waals surface area contributed by atoms with Gasteiger partial charge in [0.25, 0.3) is 0 Å². The number of carboxylic acids is 1. The molecule has 0 amide bonds. The van der Waals surface area contributed by atoms with E-state index in [1.165, 1.54) is 16.3 Å². The number of carbonyl (C=O) groups is 1. The van der Waals surface area contributed by atoms with Crippen LogP contribution >= 0.6 is 0 Å². The van der Waals surface area contributed by atoms with Crippen molar-refractivity contribution in [1.82, 2.24) is 4.57 Å². The zero-order valence-electron chi connectivity index (χ0n) is 13.4. The second kappa shape index (κ2) is 5.53. The Balaban J connectivity index is 1.93. The fraction of sp³-hybridized carbons (Fsp3) is 0.0952. The summed E-state index contributed by atoms with van der Waals surface area (Å²) in [5.41, 5.74) is 3.59. The second-order valence-electron chi connectivity index (χ2n) is 6.12. The summed E-state index contributed by atoms with van der Waals surface area (Å²) in [5, 5.41) is 12.9. The smallest absolute Gasteiger partial charge is 0.352 e. The molecule has 3 heteroatoms. The molecule has 24 heavy (non-hydrogen) atoms. The molecule has 0 unspecified atom stereocenters. The molecule has 0 atom stereocenters. The lowest BCUT2D eigenvalue weighted by atomic mass is 10.0. The van der Waals surface area contributed by atoms with E-state index in [0.717, 1.165) is 16.5 Å². The largest absolute Gasteiger partial charge is 0.477 e. The molecular weight excluding hydrogens is 298 g/mol. The lowest BCUT2D eigenvalue weighted by Gasteiger charge is -2.12. The van der Waals surface area contributed by atoms with E-state index in [1.54, 1.807) is 6.07 Å². The number of benzene rings is 3. The third-order valence-electron chi connectivity index (χ3n) is 4.49. The lowest BCUT2D eigenvalue weighted by molar-refractivity contribution is 0.0686. The van der Waals surface area contributed by atoms with E-state index >= 15 is 0 Å². The van der Waals surface area contributed by atoms with E-state index in [4.69, 9.17) is 0 Å². The van der Waals surface area contributed by atoms with Gasteiger partial charge < -0.3 is 9.67 Å². The van der Waals surface area contributed by atoms with Crippen molar-refractivity contribution in [1.29, 1.82) is 0 Å². The summed E-state index contributed by atoms with van der Waals surface area (Å²) in [4.78, 5) is 11.7. The van der Waals surface area contributed by atoms with Crippen LogP contribution in [0.5, 0.6) is 0 Å². The third kappa shape index (κ3) is 2.35. The van der Waals surface area contributed by atoms with Crippen LogP contribution in [-0.4, -0.2) is 15.6 Å². The van der Waals surface area contributed by atoms with Crippen LogP contribution in [0.3, 0.4) is 0 Å². The molecule has 0 saturated heterocycles. The van der Waals surface area contributed by atoms with E-state index in [2.05, 4.69) is 37.3 Å². The van der Waals surface area contributed by atoms with Crippen molar-refractivity contribution < 1.29 is 9.90 Å². The van der Waals surface area contributed by atoms with Gasteiger partial charge in [-0.05, 0) is 35.4 Å². The van der Waals surface area contributed by atoms with Gasteiger partial charge in [0.2, 0.25) is 0 Å². The van der Waals surface area contributed by atoms with Gasteiger partial charge in [0.05, 0.1) is 0 Å². The number of hydrogen-bond acceptors (Lipinski definition) is 1. The molecule has 1 aromatic heterocycles. The van der Waals surface area contributed by atoms with Crippen LogP contribution in [0.4, 0.5) is 0 Å². The molecule has 1 N–H and O–H groups in total. The second-order valence-corrected chi connectivity index (χ2v) is 6.12. The zero-order chi connectivity index (χ0) is 16.7. The highest BCUT2D eigenvalue weighted by Crippen LogP contribution is 2.25. The van der Waals surface area contributed by atoms with E-state index in [9.17, 15) is 9.90 Å². The first-order chi connectivity index (χ1) is 11.6. The maximum absolute atomic E-state index is 11.7. The number of rotatable bonds is 3. The van der Waals surface area contributed by atoms with Crippen LogP contribution < -0.4 is 0 Å². The molecule has 0 aliphatic heterocycles. The van der Waals surface area contributed by atoms with Crippen molar-refractivity contribution in [2.75, 3.05) is 0 Å². The van der Waals surface area contributed by atoms with Gasteiger partial charge in [0.15, 0.2) is 0 Å². The maximum Gasteiger partial charge on any atom is 0.352 e. The number of para-hydroxylation sites is 1. The SMILES string of the molecule is Cc1ccc2cccc(Cn3c(C(=O)O)cc4ccccc43)c2c1. The standard InChI is InChI=1S/C21H17NO2/c1-14-9-10-15-6-4-7-17(18(15)11-14)13-22-19-8-3-2-5-16(19)12-20(22)21(23)24/h2-12H,13H2,1H3,(H,23,24). The highest BCUT2D eigenvalue weighted by Gasteiger charge is 2.15. The molecule has 0 saturated carbocycles. The van der Waals surface area contributed by atoms with E-state index in [0.29, 0.717) is 12.2 Å². The number of nitrogens with zero attached hydrogens (tertiary/aromatic N) is 1. The van der Waals surface area contributed by atoms with Gasteiger partial charge in [-0.2, -0.15) is 0 Å². The van der Waals surface area contributed by atoms with Gasteiger partial charge in [0.1, 0.15) is 5.69 Å². The minimum absolute atomic E-state index is 0.320.